The lowest BCUT2D eigenvalue weighted by Crippen LogP contribution is -2.30. The van der Waals surface area contributed by atoms with Gasteiger partial charge in [0.1, 0.15) is 5.82 Å². The van der Waals surface area contributed by atoms with Crippen LogP contribution in [-0.2, 0) is 6.42 Å². The van der Waals surface area contributed by atoms with Crippen LogP contribution in [0.3, 0.4) is 0 Å². The minimum Gasteiger partial charge on any atom is -0.379 e. The van der Waals surface area contributed by atoms with Gasteiger partial charge in [-0.1, -0.05) is 13.0 Å². The molecule has 1 nitrogen and oxygen atoms in total. The molecule has 70 valence electrons. The van der Waals surface area contributed by atoms with Crippen LogP contribution in [0.4, 0.5) is 10.1 Å². The fourth-order valence-corrected chi connectivity index (χ4v) is 1.82. The number of rotatable bonds is 1. The van der Waals surface area contributed by atoms with Crippen molar-refractivity contribution in [3.63, 3.8) is 0 Å². The topological polar surface area (TPSA) is 12.0 Å². The largest absolute Gasteiger partial charge is 0.379 e. The molecule has 0 saturated carbocycles. The molecule has 2 heteroatoms. The molecule has 0 aliphatic carbocycles. The van der Waals surface area contributed by atoms with Crippen molar-refractivity contribution in [2.75, 3.05) is 5.32 Å². The van der Waals surface area contributed by atoms with E-state index in [0.29, 0.717) is 0 Å². The van der Waals surface area contributed by atoms with Crippen LogP contribution in [0.25, 0.3) is 0 Å². The molecular formula is C11H14FN. The third kappa shape index (κ3) is 1.41. The predicted octanol–water partition coefficient (Wildman–Crippen LogP) is 2.96. The van der Waals surface area contributed by atoms with Gasteiger partial charge in [-0.15, -0.1) is 0 Å². The van der Waals surface area contributed by atoms with Crippen LogP contribution in [0.5, 0.6) is 0 Å². The summed E-state index contributed by atoms with van der Waals surface area (Å²) in [5.74, 6) is -0.161. The van der Waals surface area contributed by atoms with E-state index in [1.807, 2.05) is 6.07 Å². The van der Waals surface area contributed by atoms with Crippen LogP contribution in [0.2, 0.25) is 0 Å². The Morgan fingerprint density at radius 2 is 2.31 bits per heavy atom. The number of nitrogens with one attached hydrogen (secondary N) is 1. The van der Waals surface area contributed by atoms with E-state index in [0.717, 1.165) is 18.5 Å². The molecule has 1 aromatic rings. The molecule has 1 aliphatic rings. The molecule has 0 amide bonds. The van der Waals surface area contributed by atoms with Gasteiger partial charge >= 0.3 is 0 Å². The van der Waals surface area contributed by atoms with E-state index in [2.05, 4.69) is 19.2 Å². The average molecular weight is 179 g/mol. The molecular weight excluding hydrogens is 165 g/mol. The van der Waals surface area contributed by atoms with Crippen molar-refractivity contribution >= 4 is 5.69 Å². The monoisotopic (exact) mass is 179 g/mol. The van der Waals surface area contributed by atoms with Gasteiger partial charge in [-0.05, 0) is 37.5 Å². The molecule has 0 bridgehead atoms. The van der Waals surface area contributed by atoms with E-state index in [4.69, 9.17) is 0 Å². The standard InChI is InChI=1S/C11H14FN/c1-3-11(2)7-8-4-5-9(12)6-10(8)13-11/h4-6,13H,3,7H2,1-2H3. The Labute approximate surface area is 78.0 Å². The van der Waals surface area contributed by atoms with Crippen LogP contribution < -0.4 is 5.32 Å². The summed E-state index contributed by atoms with van der Waals surface area (Å²) in [6.07, 6.45) is 2.06. The highest BCUT2D eigenvalue weighted by Gasteiger charge is 2.30. The average Bonchev–Trinajstić information content (AvgIpc) is 2.42. The van der Waals surface area contributed by atoms with E-state index in [9.17, 15) is 4.39 Å². The first kappa shape index (κ1) is 8.54. The fraction of sp³-hybridized carbons (Fsp3) is 0.455. The molecule has 1 N–H and O–H groups in total. The first-order valence-electron chi connectivity index (χ1n) is 4.69. The molecule has 13 heavy (non-hydrogen) atoms. The molecule has 1 heterocycles. The molecule has 0 aromatic heterocycles. The number of anilines is 1. The van der Waals surface area contributed by atoms with Gasteiger partial charge in [-0.2, -0.15) is 0 Å². The lowest BCUT2D eigenvalue weighted by molar-refractivity contribution is 0.515. The Balaban J connectivity index is 2.35. The zero-order chi connectivity index (χ0) is 9.47. The molecule has 0 fully saturated rings. The van der Waals surface area contributed by atoms with Gasteiger partial charge in [0.25, 0.3) is 0 Å². The highest BCUT2D eigenvalue weighted by molar-refractivity contribution is 5.58. The van der Waals surface area contributed by atoms with Crippen molar-refractivity contribution in [3.05, 3.63) is 29.6 Å². The first-order valence-corrected chi connectivity index (χ1v) is 4.69. The summed E-state index contributed by atoms with van der Waals surface area (Å²) in [6, 6.07) is 4.98. The highest BCUT2D eigenvalue weighted by Crippen LogP contribution is 2.34. The quantitative estimate of drug-likeness (QED) is 0.698. The van der Waals surface area contributed by atoms with Crippen molar-refractivity contribution in [1.29, 1.82) is 0 Å². The zero-order valence-electron chi connectivity index (χ0n) is 8.02. The van der Waals surface area contributed by atoms with Gasteiger partial charge in [-0.3, -0.25) is 0 Å². The number of benzene rings is 1. The maximum Gasteiger partial charge on any atom is 0.125 e. The van der Waals surface area contributed by atoms with Crippen molar-refractivity contribution < 1.29 is 4.39 Å². The second kappa shape index (κ2) is 2.72. The lowest BCUT2D eigenvalue weighted by atomic mass is 9.95. The minimum atomic E-state index is -0.161. The van der Waals surface area contributed by atoms with Gasteiger partial charge in [0.05, 0.1) is 0 Å². The summed E-state index contributed by atoms with van der Waals surface area (Å²) < 4.78 is 12.9. The van der Waals surface area contributed by atoms with Crippen molar-refractivity contribution in [1.82, 2.24) is 0 Å². The normalized spacial score (nSPS) is 25.5. The first-order chi connectivity index (χ1) is 6.13. The van der Waals surface area contributed by atoms with Gasteiger partial charge in [0, 0.05) is 11.2 Å². The highest BCUT2D eigenvalue weighted by atomic mass is 19.1. The molecule has 0 spiro atoms. The summed E-state index contributed by atoms with van der Waals surface area (Å²) in [7, 11) is 0. The third-order valence-electron chi connectivity index (χ3n) is 2.87. The minimum absolute atomic E-state index is 0.121. The summed E-state index contributed by atoms with van der Waals surface area (Å²) in [5, 5.41) is 3.36. The van der Waals surface area contributed by atoms with Crippen LogP contribution in [-0.4, -0.2) is 5.54 Å². The Hall–Kier alpha value is -1.05. The van der Waals surface area contributed by atoms with Crippen molar-refractivity contribution in [2.24, 2.45) is 0 Å². The molecule has 2 rings (SSSR count). The van der Waals surface area contributed by atoms with E-state index in [1.165, 1.54) is 11.6 Å². The van der Waals surface area contributed by atoms with Crippen LogP contribution in [0.1, 0.15) is 25.8 Å². The summed E-state index contributed by atoms with van der Waals surface area (Å²) in [6.45, 7) is 4.32. The molecule has 1 unspecified atom stereocenters. The van der Waals surface area contributed by atoms with E-state index < -0.39 is 0 Å². The van der Waals surface area contributed by atoms with Gasteiger partial charge in [0.15, 0.2) is 0 Å². The zero-order valence-corrected chi connectivity index (χ0v) is 8.02. The molecule has 1 atom stereocenters. The Bertz CT molecular complexity index is 335. The molecule has 0 radical (unpaired) electrons. The SMILES string of the molecule is CCC1(C)Cc2ccc(F)cc2N1. The van der Waals surface area contributed by atoms with Gasteiger partial charge in [0.2, 0.25) is 0 Å². The Kier molecular flexibility index (Phi) is 1.79. The number of hydrogen-bond acceptors (Lipinski definition) is 1. The lowest BCUT2D eigenvalue weighted by Gasteiger charge is -2.22. The second-order valence-corrected chi connectivity index (χ2v) is 4.02. The third-order valence-corrected chi connectivity index (χ3v) is 2.87. The Morgan fingerprint density at radius 3 is 3.00 bits per heavy atom. The number of halogens is 1. The van der Waals surface area contributed by atoms with Crippen molar-refractivity contribution in [3.8, 4) is 0 Å². The fourth-order valence-electron chi connectivity index (χ4n) is 1.82. The van der Waals surface area contributed by atoms with E-state index in [1.54, 1.807) is 6.07 Å². The Morgan fingerprint density at radius 1 is 1.54 bits per heavy atom. The molecule has 1 aliphatic heterocycles. The van der Waals surface area contributed by atoms with E-state index >= 15 is 0 Å². The summed E-state index contributed by atoms with van der Waals surface area (Å²) >= 11 is 0. The van der Waals surface area contributed by atoms with E-state index in [-0.39, 0.29) is 11.4 Å². The second-order valence-electron chi connectivity index (χ2n) is 4.02. The maximum absolute atomic E-state index is 12.9. The summed E-state index contributed by atoms with van der Waals surface area (Å²) in [4.78, 5) is 0. The van der Waals surface area contributed by atoms with Gasteiger partial charge in [-0.25, -0.2) is 4.39 Å². The molecule has 1 aromatic carbocycles. The molecule has 0 saturated heterocycles. The maximum atomic E-state index is 12.9. The number of hydrogen-bond donors (Lipinski definition) is 1. The predicted molar refractivity (Wildman–Crippen MR) is 52.4 cm³/mol. The smallest absolute Gasteiger partial charge is 0.125 e. The van der Waals surface area contributed by atoms with Crippen LogP contribution >= 0.6 is 0 Å². The number of fused-ring (bicyclic) bond motifs is 1. The van der Waals surface area contributed by atoms with Crippen molar-refractivity contribution in [2.45, 2.75) is 32.2 Å². The van der Waals surface area contributed by atoms with Gasteiger partial charge < -0.3 is 5.32 Å². The van der Waals surface area contributed by atoms with Crippen LogP contribution in [0, 0.1) is 5.82 Å². The van der Waals surface area contributed by atoms with Crippen LogP contribution in [0.15, 0.2) is 18.2 Å². The summed E-state index contributed by atoms with van der Waals surface area (Å²) in [5.41, 5.74) is 2.31.